The van der Waals surface area contributed by atoms with E-state index in [1.165, 1.54) is 10.5 Å². The van der Waals surface area contributed by atoms with Crippen molar-refractivity contribution in [2.75, 3.05) is 31.5 Å². The molecule has 1 aromatic rings. The molecule has 1 aliphatic rings. The van der Waals surface area contributed by atoms with Crippen molar-refractivity contribution in [3.8, 4) is 0 Å². The van der Waals surface area contributed by atoms with Crippen molar-refractivity contribution in [1.82, 2.24) is 4.90 Å². The van der Waals surface area contributed by atoms with Crippen LogP contribution < -0.4 is 10.2 Å². The van der Waals surface area contributed by atoms with E-state index in [9.17, 15) is 9.59 Å². The molecule has 5 heteroatoms. The summed E-state index contributed by atoms with van der Waals surface area (Å²) in [5.74, 6) is 0.157. The summed E-state index contributed by atoms with van der Waals surface area (Å²) in [5, 5.41) is 3.03. The van der Waals surface area contributed by atoms with Gasteiger partial charge in [0, 0.05) is 12.6 Å². The Balaban J connectivity index is 1.94. The summed E-state index contributed by atoms with van der Waals surface area (Å²) in [4.78, 5) is 26.9. The van der Waals surface area contributed by atoms with Crippen LogP contribution in [-0.4, -0.2) is 48.9 Å². The van der Waals surface area contributed by atoms with Crippen LogP contribution in [0.25, 0.3) is 0 Å². The minimum Gasteiger partial charge on any atom is -0.332 e. The van der Waals surface area contributed by atoms with Crippen molar-refractivity contribution < 1.29 is 14.5 Å². The van der Waals surface area contributed by atoms with Gasteiger partial charge in [0.25, 0.3) is 5.91 Å². The maximum Gasteiger partial charge on any atom is 0.282 e. The topological polar surface area (TPSA) is 53.9 Å². The Labute approximate surface area is 132 Å². The number of hydrogen-bond donors (Lipinski definition) is 2. The van der Waals surface area contributed by atoms with E-state index >= 15 is 0 Å². The minimum absolute atomic E-state index is 0.0400. The van der Waals surface area contributed by atoms with E-state index in [-0.39, 0.29) is 17.9 Å². The van der Waals surface area contributed by atoms with Gasteiger partial charge in [0.15, 0.2) is 6.04 Å². The van der Waals surface area contributed by atoms with Gasteiger partial charge in [0.1, 0.15) is 0 Å². The van der Waals surface area contributed by atoms with Crippen LogP contribution in [-0.2, 0) is 9.59 Å². The van der Waals surface area contributed by atoms with Gasteiger partial charge in [-0.3, -0.25) is 9.59 Å². The molecular formula is C17H26N3O2+. The van der Waals surface area contributed by atoms with E-state index in [0.717, 1.165) is 37.4 Å². The first kappa shape index (κ1) is 16.5. The quantitative estimate of drug-likeness (QED) is 0.848. The van der Waals surface area contributed by atoms with E-state index in [2.05, 4.69) is 11.4 Å². The van der Waals surface area contributed by atoms with Crippen molar-refractivity contribution in [2.24, 2.45) is 0 Å². The zero-order chi connectivity index (χ0) is 16.3. The van der Waals surface area contributed by atoms with Gasteiger partial charge in [-0.25, -0.2) is 0 Å². The Morgan fingerprint density at radius 3 is 2.41 bits per heavy atom. The van der Waals surface area contributed by atoms with Crippen LogP contribution in [0.5, 0.6) is 0 Å². The second-order valence-corrected chi connectivity index (χ2v) is 6.19. The normalized spacial score (nSPS) is 17.2. The molecule has 5 nitrogen and oxygen atoms in total. The van der Waals surface area contributed by atoms with E-state index in [4.69, 9.17) is 0 Å². The Bertz CT molecular complexity index is 563. The summed E-state index contributed by atoms with van der Waals surface area (Å²) in [5.41, 5.74) is 3.15. The first-order chi connectivity index (χ1) is 10.4. The zero-order valence-electron chi connectivity index (χ0n) is 13.9. The highest BCUT2D eigenvalue weighted by atomic mass is 16.2. The zero-order valence-corrected chi connectivity index (χ0v) is 13.9. The molecule has 0 aromatic heterocycles. The smallest absolute Gasteiger partial charge is 0.282 e. The molecule has 120 valence electrons. The van der Waals surface area contributed by atoms with Gasteiger partial charge >= 0.3 is 0 Å². The van der Waals surface area contributed by atoms with Crippen molar-refractivity contribution in [3.05, 3.63) is 29.3 Å². The lowest BCUT2D eigenvalue weighted by molar-refractivity contribution is -0.917. The van der Waals surface area contributed by atoms with Crippen LogP contribution in [0.15, 0.2) is 18.2 Å². The number of nitrogens with one attached hydrogen (secondary N) is 2. The summed E-state index contributed by atoms with van der Waals surface area (Å²) >= 11 is 0. The third-order valence-corrected chi connectivity index (χ3v) is 4.50. The van der Waals surface area contributed by atoms with Gasteiger partial charge in [-0.2, -0.15) is 0 Å². The molecule has 0 unspecified atom stereocenters. The second kappa shape index (κ2) is 6.92. The van der Waals surface area contributed by atoms with Crippen LogP contribution in [0, 0.1) is 13.8 Å². The van der Waals surface area contributed by atoms with Gasteiger partial charge in [0.2, 0.25) is 5.91 Å². The number of quaternary nitrogens is 1. The van der Waals surface area contributed by atoms with Gasteiger partial charge in [0.05, 0.1) is 26.2 Å². The van der Waals surface area contributed by atoms with E-state index in [1.807, 2.05) is 37.8 Å². The molecule has 22 heavy (non-hydrogen) atoms. The number of amides is 2. The van der Waals surface area contributed by atoms with Crippen molar-refractivity contribution >= 4 is 17.5 Å². The predicted octanol–water partition coefficient (Wildman–Crippen LogP) is 0.377. The monoisotopic (exact) mass is 304 g/mol. The number of carbonyl (C=O) groups is 2. The molecule has 1 aliphatic heterocycles. The van der Waals surface area contributed by atoms with Crippen LogP contribution in [0.2, 0.25) is 0 Å². The van der Waals surface area contributed by atoms with Crippen molar-refractivity contribution in [3.63, 3.8) is 0 Å². The molecule has 0 spiro atoms. The summed E-state index contributed by atoms with van der Waals surface area (Å²) < 4.78 is 0. The highest BCUT2D eigenvalue weighted by Gasteiger charge is 2.29. The average molecular weight is 304 g/mol. The molecule has 2 amide bonds. The summed E-state index contributed by atoms with van der Waals surface area (Å²) in [6.07, 6.45) is 0. The summed E-state index contributed by atoms with van der Waals surface area (Å²) in [6.45, 7) is 10.7. The molecule has 1 saturated heterocycles. The molecule has 2 N–H and O–H groups in total. The summed E-state index contributed by atoms with van der Waals surface area (Å²) in [6, 6.07) is 5.91. The largest absolute Gasteiger partial charge is 0.332 e. The Morgan fingerprint density at radius 2 is 1.86 bits per heavy atom. The van der Waals surface area contributed by atoms with Gasteiger partial charge in [-0.05, 0) is 32.4 Å². The highest BCUT2D eigenvalue weighted by Crippen LogP contribution is 2.15. The number of hydrogen-bond acceptors (Lipinski definition) is 2. The fourth-order valence-corrected chi connectivity index (χ4v) is 2.92. The first-order valence-corrected chi connectivity index (χ1v) is 7.86. The number of nitrogens with zero attached hydrogens (tertiary/aromatic N) is 1. The minimum atomic E-state index is -0.116. The SMILES string of the molecule is CC(=O)N1CC[NH+]([C@H](C)C(=O)Nc2ccc(C)cc2C)CC1. The molecule has 1 fully saturated rings. The molecule has 0 aliphatic carbocycles. The Hall–Kier alpha value is -1.88. The van der Waals surface area contributed by atoms with E-state index in [1.54, 1.807) is 6.92 Å². The van der Waals surface area contributed by atoms with Crippen LogP contribution in [0.1, 0.15) is 25.0 Å². The predicted molar refractivity (Wildman–Crippen MR) is 87.0 cm³/mol. The molecular weight excluding hydrogens is 278 g/mol. The van der Waals surface area contributed by atoms with Crippen molar-refractivity contribution in [2.45, 2.75) is 33.7 Å². The lowest BCUT2D eigenvalue weighted by Crippen LogP contribution is -3.19. The molecule has 2 rings (SSSR count). The molecule has 0 radical (unpaired) electrons. The number of carbonyl (C=O) groups excluding carboxylic acids is 2. The molecule has 0 saturated carbocycles. The standard InChI is InChI=1S/C17H25N3O2/c1-12-5-6-16(13(2)11-12)18-17(22)14(3)19-7-9-20(10-8-19)15(4)21/h5-6,11,14H,7-10H2,1-4H3,(H,18,22)/p+1/t14-/m1/s1. The number of aryl methyl sites for hydroxylation is 2. The highest BCUT2D eigenvalue weighted by molar-refractivity contribution is 5.94. The molecule has 1 heterocycles. The fourth-order valence-electron chi connectivity index (χ4n) is 2.92. The maximum absolute atomic E-state index is 12.5. The third-order valence-electron chi connectivity index (χ3n) is 4.50. The summed E-state index contributed by atoms with van der Waals surface area (Å²) in [7, 11) is 0. The van der Waals surface area contributed by atoms with Gasteiger partial charge < -0.3 is 15.1 Å². The Kier molecular flexibility index (Phi) is 5.19. The average Bonchev–Trinajstić information content (AvgIpc) is 2.49. The number of rotatable bonds is 3. The Morgan fingerprint density at radius 1 is 1.23 bits per heavy atom. The number of anilines is 1. The first-order valence-electron chi connectivity index (χ1n) is 7.86. The van der Waals surface area contributed by atoms with E-state index in [0.29, 0.717) is 0 Å². The van der Waals surface area contributed by atoms with Gasteiger partial charge in [-0.15, -0.1) is 0 Å². The van der Waals surface area contributed by atoms with Crippen LogP contribution in [0.4, 0.5) is 5.69 Å². The lowest BCUT2D eigenvalue weighted by atomic mass is 10.1. The van der Waals surface area contributed by atoms with Crippen LogP contribution >= 0.6 is 0 Å². The molecule has 0 bridgehead atoms. The third kappa shape index (κ3) is 3.85. The second-order valence-electron chi connectivity index (χ2n) is 6.19. The van der Waals surface area contributed by atoms with Crippen LogP contribution in [0.3, 0.4) is 0 Å². The maximum atomic E-state index is 12.5. The number of benzene rings is 1. The molecule has 1 atom stereocenters. The molecule has 1 aromatic carbocycles. The van der Waals surface area contributed by atoms with Crippen molar-refractivity contribution in [1.29, 1.82) is 0 Å². The number of piperazine rings is 1. The fraction of sp³-hybridized carbons (Fsp3) is 0.529. The lowest BCUT2D eigenvalue weighted by Gasteiger charge is -2.34. The van der Waals surface area contributed by atoms with E-state index < -0.39 is 0 Å². The van der Waals surface area contributed by atoms with Gasteiger partial charge in [-0.1, -0.05) is 17.7 Å².